The van der Waals surface area contributed by atoms with Crippen molar-refractivity contribution in [3.63, 3.8) is 0 Å². The molecule has 0 radical (unpaired) electrons. The number of nitrogens with zero attached hydrogens (tertiary/aromatic N) is 3. The highest BCUT2D eigenvalue weighted by molar-refractivity contribution is 5.67. The summed E-state index contributed by atoms with van der Waals surface area (Å²) in [6, 6.07) is 0. The normalized spacial score (nSPS) is 12.0. The Bertz CT molecular complexity index is 512. The number of carbonyl (C=O) groups excluding carboxylic acids is 1. The first-order chi connectivity index (χ1) is 10.6. The zero-order valence-electron chi connectivity index (χ0n) is 14.4. The largest absolute Gasteiger partial charge is 0.444 e. The second kappa shape index (κ2) is 8.24. The lowest BCUT2D eigenvalue weighted by Crippen LogP contribution is -2.34. The molecule has 1 aromatic rings. The smallest absolute Gasteiger partial charge is 0.407 e. The Morgan fingerprint density at radius 2 is 2.13 bits per heavy atom. The van der Waals surface area contributed by atoms with E-state index in [1.807, 2.05) is 11.9 Å². The van der Waals surface area contributed by atoms with Crippen LogP contribution >= 0.6 is 0 Å². The van der Waals surface area contributed by atoms with Gasteiger partial charge >= 0.3 is 6.09 Å². The molecule has 0 aliphatic carbocycles. The predicted molar refractivity (Wildman–Crippen MR) is 83.4 cm³/mol. The van der Waals surface area contributed by atoms with Crippen molar-refractivity contribution in [3.05, 3.63) is 17.5 Å². The van der Waals surface area contributed by atoms with E-state index >= 15 is 0 Å². The average molecular weight is 332 g/mol. The minimum atomic E-state index is -2.58. The standard InChI is InChI=1S/C15H26F2N4O2/c1-15(2,3)23-14(22)18-7-6-8-20(4)9-11-10-21(5)19-12(11)13(16)17/h10,13H,6-9H2,1-5H3,(H,18,22). The van der Waals surface area contributed by atoms with E-state index in [1.54, 1.807) is 34.0 Å². The fourth-order valence-electron chi connectivity index (χ4n) is 2.08. The van der Waals surface area contributed by atoms with Gasteiger partial charge in [0.1, 0.15) is 11.3 Å². The molecule has 1 aromatic heterocycles. The highest BCUT2D eigenvalue weighted by Crippen LogP contribution is 2.21. The fourth-order valence-corrected chi connectivity index (χ4v) is 2.08. The minimum Gasteiger partial charge on any atom is -0.444 e. The highest BCUT2D eigenvalue weighted by atomic mass is 19.3. The number of alkyl carbamates (subject to hydrolysis) is 1. The van der Waals surface area contributed by atoms with Crippen molar-refractivity contribution in [2.45, 2.75) is 45.8 Å². The van der Waals surface area contributed by atoms with Gasteiger partial charge in [0.2, 0.25) is 0 Å². The summed E-state index contributed by atoms with van der Waals surface area (Å²) in [5, 5.41) is 6.45. The average Bonchev–Trinajstić information content (AvgIpc) is 2.73. The van der Waals surface area contributed by atoms with Crippen LogP contribution in [0.15, 0.2) is 6.20 Å². The van der Waals surface area contributed by atoms with Crippen molar-refractivity contribution in [1.29, 1.82) is 0 Å². The molecule has 0 saturated carbocycles. The van der Waals surface area contributed by atoms with Gasteiger partial charge in [-0.1, -0.05) is 0 Å². The first kappa shape index (κ1) is 19.3. The third kappa shape index (κ3) is 7.40. The van der Waals surface area contributed by atoms with Crippen LogP contribution in [0.5, 0.6) is 0 Å². The number of hydrogen-bond acceptors (Lipinski definition) is 4. The first-order valence-electron chi connectivity index (χ1n) is 7.54. The summed E-state index contributed by atoms with van der Waals surface area (Å²) in [4.78, 5) is 13.4. The molecule has 1 amide bonds. The van der Waals surface area contributed by atoms with Crippen LogP contribution in [0.1, 0.15) is 44.9 Å². The number of amides is 1. The maximum Gasteiger partial charge on any atom is 0.407 e. The van der Waals surface area contributed by atoms with Crippen LogP contribution in [0.4, 0.5) is 13.6 Å². The Kier molecular flexibility index (Phi) is 6.93. The number of hydrogen-bond donors (Lipinski definition) is 1. The van der Waals surface area contributed by atoms with Gasteiger partial charge in [0, 0.05) is 31.9 Å². The lowest BCUT2D eigenvalue weighted by atomic mass is 10.2. The molecule has 0 atom stereocenters. The first-order valence-corrected chi connectivity index (χ1v) is 7.54. The zero-order chi connectivity index (χ0) is 17.6. The summed E-state index contributed by atoms with van der Waals surface area (Å²) in [5.41, 5.74) is -0.177. The SMILES string of the molecule is CN(CCCNC(=O)OC(C)(C)C)Cc1cn(C)nc1C(F)F. The van der Waals surface area contributed by atoms with Gasteiger partial charge in [-0.25, -0.2) is 13.6 Å². The van der Waals surface area contributed by atoms with Gasteiger partial charge in [-0.3, -0.25) is 4.68 Å². The van der Waals surface area contributed by atoms with E-state index in [2.05, 4.69) is 10.4 Å². The Morgan fingerprint density at radius 1 is 1.48 bits per heavy atom. The molecule has 1 rings (SSSR count). The van der Waals surface area contributed by atoms with Crippen molar-refractivity contribution in [2.24, 2.45) is 7.05 Å². The molecule has 0 aliphatic heterocycles. The fraction of sp³-hybridized carbons (Fsp3) is 0.733. The highest BCUT2D eigenvalue weighted by Gasteiger charge is 2.18. The second-order valence-electron chi connectivity index (χ2n) is 6.53. The topological polar surface area (TPSA) is 59.4 Å². The summed E-state index contributed by atoms with van der Waals surface area (Å²) >= 11 is 0. The van der Waals surface area contributed by atoms with E-state index in [0.717, 1.165) is 0 Å². The summed E-state index contributed by atoms with van der Waals surface area (Å²) in [7, 11) is 3.47. The molecule has 0 spiro atoms. The molecule has 0 saturated heterocycles. The molecule has 0 aliphatic rings. The summed E-state index contributed by atoms with van der Waals surface area (Å²) in [6.07, 6.45) is -0.724. The summed E-state index contributed by atoms with van der Waals surface area (Å²) in [6.45, 7) is 6.92. The van der Waals surface area contributed by atoms with E-state index in [0.29, 0.717) is 31.6 Å². The molecule has 23 heavy (non-hydrogen) atoms. The lowest BCUT2D eigenvalue weighted by Gasteiger charge is -2.20. The van der Waals surface area contributed by atoms with Gasteiger partial charge in [-0.05, 0) is 40.8 Å². The maximum atomic E-state index is 12.9. The number of carbonyl (C=O) groups is 1. The Balaban J connectivity index is 2.33. The molecule has 0 bridgehead atoms. The third-order valence-corrected chi connectivity index (χ3v) is 2.97. The van der Waals surface area contributed by atoms with Gasteiger partial charge in [0.15, 0.2) is 0 Å². The van der Waals surface area contributed by atoms with Crippen LogP contribution in [0, 0.1) is 0 Å². The van der Waals surface area contributed by atoms with E-state index in [-0.39, 0.29) is 5.69 Å². The molecule has 0 fully saturated rings. The van der Waals surface area contributed by atoms with Gasteiger partial charge in [0.05, 0.1) is 0 Å². The lowest BCUT2D eigenvalue weighted by molar-refractivity contribution is 0.0525. The summed E-state index contributed by atoms with van der Waals surface area (Å²) < 4.78 is 32.3. The Morgan fingerprint density at radius 3 is 2.70 bits per heavy atom. The van der Waals surface area contributed by atoms with Crippen LogP contribution in [-0.4, -0.2) is 46.5 Å². The molecule has 0 aromatic carbocycles. The third-order valence-electron chi connectivity index (χ3n) is 2.97. The van der Waals surface area contributed by atoms with Crippen molar-refractivity contribution in [1.82, 2.24) is 20.0 Å². The quantitative estimate of drug-likeness (QED) is 0.780. The number of aryl methyl sites for hydroxylation is 1. The van der Waals surface area contributed by atoms with Crippen molar-refractivity contribution >= 4 is 6.09 Å². The van der Waals surface area contributed by atoms with Gasteiger partial charge in [-0.2, -0.15) is 5.10 Å². The van der Waals surface area contributed by atoms with Gasteiger partial charge < -0.3 is 15.0 Å². The molecule has 1 heterocycles. The zero-order valence-corrected chi connectivity index (χ0v) is 14.4. The van der Waals surface area contributed by atoms with Crippen molar-refractivity contribution in [2.75, 3.05) is 20.1 Å². The molecule has 132 valence electrons. The van der Waals surface area contributed by atoms with E-state index < -0.39 is 18.1 Å². The molecule has 1 N–H and O–H groups in total. The van der Waals surface area contributed by atoms with E-state index in [4.69, 9.17) is 4.74 Å². The van der Waals surface area contributed by atoms with Gasteiger partial charge in [-0.15, -0.1) is 0 Å². The van der Waals surface area contributed by atoms with E-state index in [9.17, 15) is 13.6 Å². The van der Waals surface area contributed by atoms with Crippen LogP contribution < -0.4 is 5.32 Å². The van der Waals surface area contributed by atoms with Crippen LogP contribution in [-0.2, 0) is 18.3 Å². The number of nitrogens with one attached hydrogen (secondary N) is 1. The van der Waals surface area contributed by atoms with Crippen molar-refractivity contribution in [3.8, 4) is 0 Å². The Hall–Kier alpha value is -1.70. The molecular weight excluding hydrogens is 306 g/mol. The van der Waals surface area contributed by atoms with Crippen LogP contribution in [0.25, 0.3) is 0 Å². The number of aromatic nitrogens is 2. The summed E-state index contributed by atoms with van der Waals surface area (Å²) in [5.74, 6) is 0. The van der Waals surface area contributed by atoms with Crippen LogP contribution in [0.2, 0.25) is 0 Å². The number of halogens is 2. The van der Waals surface area contributed by atoms with Gasteiger partial charge in [0.25, 0.3) is 6.43 Å². The second-order valence-corrected chi connectivity index (χ2v) is 6.53. The maximum absolute atomic E-state index is 12.9. The molecule has 0 unspecified atom stereocenters. The number of alkyl halides is 2. The Labute approximate surface area is 135 Å². The van der Waals surface area contributed by atoms with E-state index in [1.165, 1.54) is 4.68 Å². The number of rotatable bonds is 7. The predicted octanol–water partition coefficient (Wildman–Crippen LogP) is 2.70. The molecule has 6 nitrogen and oxygen atoms in total. The number of ether oxygens (including phenoxy) is 1. The van der Waals surface area contributed by atoms with Crippen molar-refractivity contribution < 1.29 is 18.3 Å². The monoisotopic (exact) mass is 332 g/mol. The molecular formula is C15H26F2N4O2. The minimum absolute atomic E-state index is 0.175. The molecule has 8 heteroatoms. The van der Waals surface area contributed by atoms with Crippen LogP contribution in [0.3, 0.4) is 0 Å².